The van der Waals surface area contributed by atoms with Gasteiger partial charge in [-0.25, -0.2) is 4.98 Å². The molecule has 0 aliphatic heterocycles. The molecule has 1 aromatic heterocycles. The summed E-state index contributed by atoms with van der Waals surface area (Å²) >= 11 is 0. The molecular formula is C15H12N2O. The average molecular weight is 236 g/mol. The molecule has 0 aliphatic rings. The monoisotopic (exact) mass is 236 g/mol. The first-order valence-corrected chi connectivity index (χ1v) is 5.79. The summed E-state index contributed by atoms with van der Waals surface area (Å²) < 4.78 is 0. The second kappa shape index (κ2) is 4.11. The molecule has 0 unspecified atom stereocenters. The summed E-state index contributed by atoms with van der Waals surface area (Å²) in [6.45, 7) is 2.05. The Bertz CT molecular complexity index is 728. The largest absolute Gasteiger partial charge is 0.338 e. The number of H-pyrrole nitrogens is 1. The van der Waals surface area contributed by atoms with Crippen molar-refractivity contribution in [1.82, 2.24) is 9.97 Å². The molecule has 0 bridgehead atoms. The lowest BCUT2D eigenvalue weighted by molar-refractivity contribution is 0.112. The summed E-state index contributed by atoms with van der Waals surface area (Å²) in [5, 5.41) is 0. The third-order valence-electron chi connectivity index (χ3n) is 3.04. The van der Waals surface area contributed by atoms with Crippen LogP contribution in [0.2, 0.25) is 0 Å². The quantitative estimate of drug-likeness (QED) is 0.693. The number of benzene rings is 2. The van der Waals surface area contributed by atoms with Crippen LogP contribution in [-0.4, -0.2) is 16.3 Å². The second-order valence-electron chi connectivity index (χ2n) is 4.29. The SMILES string of the molecule is Cc1ccccc1-c1nc2ccc(C=O)cc2[nH]1. The first-order valence-electron chi connectivity index (χ1n) is 5.79. The van der Waals surface area contributed by atoms with E-state index in [-0.39, 0.29) is 0 Å². The molecule has 0 amide bonds. The highest BCUT2D eigenvalue weighted by Crippen LogP contribution is 2.23. The molecule has 0 saturated carbocycles. The summed E-state index contributed by atoms with van der Waals surface area (Å²) in [4.78, 5) is 18.6. The van der Waals surface area contributed by atoms with E-state index in [1.54, 1.807) is 6.07 Å². The molecule has 88 valence electrons. The van der Waals surface area contributed by atoms with Crippen LogP contribution >= 0.6 is 0 Å². The summed E-state index contributed by atoms with van der Waals surface area (Å²) in [7, 11) is 0. The van der Waals surface area contributed by atoms with E-state index >= 15 is 0 Å². The lowest BCUT2D eigenvalue weighted by atomic mass is 10.1. The van der Waals surface area contributed by atoms with Gasteiger partial charge in [-0.1, -0.05) is 24.3 Å². The van der Waals surface area contributed by atoms with Crippen molar-refractivity contribution in [3.05, 3.63) is 53.6 Å². The Morgan fingerprint density at radius 2 is 2.00 bits per heavy atom. The maximum Gasteiger partial charge on any atom is 0.150 e. The smallest absolute Gasteiger partial charge is 0.150 e. The number of carbonyl (C=O) groups is 1. The molecule has 0 saturated heterocycles. The Morgan fingerprint density at radius 1 is 1.17 bits per heavy atom. The van der Waals surface area contributed by atoms with Crippen LogP contribution in [-0.2, 0) is 0 Å². The van der Waals surface area contributed by atoms with Crippen LogP contribution in [0, 0.1) is 6.92 Å². The van der Waals surface area contributed by atoms with Crippen LogP contribution in [0.5, 0.6) is 0 Å². The van der Waals surface area contributed by atoms with Gasteiger partial charge >= 0.3 is 0 Å². The Labute approximate surface area is 104 Å². The average Bonchev–Trinajstić information content (AvgIpc) is 2.81. The normalized spacial score (nSPS) is 10.7. The Morgan fingerprint density at radius 3 is 2.78 bits per heavy atom. The molecule has 1 heterocycles. The van der Waals surface area contributed by atoms with E-state index in [1.807, 2.05) is 30.3 Å². The predicted octanol–water partition coefficient (Wildman–Crippen LogP) is 3.35. The molecule has 0 spiro atoms. The van der Waals surface area contributed by atoms with E-state index in [9.17, 15) is 4.79 Å². The molecule has 3 nitrogen and oxygen atoms in total. The number of aldehydes is 1. The Kier molecular flexibility index (Phi) is 2.45. The van der Waals surface area contributed by atoms with Gasteiger partial charge in [-0.15, -0.1) is 0 Å². The fourth-order valence-electron chi connectivity index (χ4n) is 2.07. The molecule has 0 fully saturated rings. The molecule has 3 aromatic rings. The fraction of sp³-hybridized carbons (Fsp3) is 0.0667. The van der Waals surface area contributed by atoms with Crippen molar-refractivity contribution in [3.8, 4) is 11.4 Å². The molecule has 2 aromatic carbocycles. The summed E-state index contributed by atoms with van der Waals surface area (Å²) in [5.41, 5.74) is 4.67. The van der Waals surface area contributed by atoms with Crippen LogP contribution in [0.1, 0.15) is 15.9 Å². The molecular weight excluding hydrogens is 224 g/mol. The van der Waals surface area contributed by atoms with Gasteiger partial charge in [0.1, 0.15) is 12.1 Å². The van der Waals surface area contributed by atoms with Gasteiger partial charge in [-0.3, -0.25) is 4.79 Å². The van der Waals surface area contributed by atoms with E-state index in [2.05, 4.69) is 23.0 Å². The minimum atomic E-state index is 0.655. The number of nitrogens with zero attached hydrogens (tertiary/aromatic N) is 1. The Balaban J connectivity index is 2.19. The van der Waals surface area contributed by atoms with Gasteiger partial charge in [0.2, 0.25) is 0 Å². The van der Waals surface area contributed by atoms with Crippen molar-refractivity contribution in [3.63, 3.8) is 0 Å². The van der Waals surface area contributed by atoms with Gasteiger partial charge in [-0.2, -0.15) is 0 Å². The first-order chi connectivity index (χ1) is 8.78. The zero-order valence-electron chi connectivity index (χ0n) is 9.97. The van der Waals surface area contributed by atoms with Gasteiger partial charge in [0.15, 0.2) is 0 Å². The second-order valence-corrected chi connectivity index (χ2v) is 4.29. The molecule has 1 N–H and O–H groups in total. The van der Waals surface area contributed by atoms with Gasteiger partial charge in [0.25, 0.3) is 0 Å². The highest BCUT2D eigenvalue weighted by Gasteiger charge is 2.07. The topological polar surface area (TPSA) is 45.8 Å². The van der Waals surface area contributed by atoms with Crippen molar-refractivity contribution < 1.29 is 4.79 Å². The summed E-state index contributed by atoms with van der Waals surface area (Å²) in [6.07, 6.45) is 0.841. The van der Waals surface area contributed by atoms with E-state index in [1.165, 1.54) is 5.56 Å². The van der Waals surface area contributed by atoms with E-state index in [0.717, 1.165) is 28.7 Å². The van der Waals surface area contributed by atoms with Gasteiger partial charge in [-0.05, 0) is 30.7 Å². The molecule has 3 rings (SSSR count). The molecule has 0 radical (unpaired) electrons. The zero-order valence-corrected chi connectivity index (χ0v) is 9.97. The van der Waals surface area contributed by atoms with Crippen LogP contribution in [0.4, 0.5) is 0 Å². The van der Waals surface area contributed by atoms with Gasteiger partial charge in [0.05, 0.1) is 11.0 Å². The van der Waals surface area contributed by atoms with Crippen molar-refractivity contribution in [2.24, 2.45) is 0 Å². The van der Waals surface area contributed by atoms with Gasteiger partial charge in [0, 0.05) is 11.1 Å². The summed E-state index contributed by atoms with van der Waals surface area (Å²) in [5.74, 6) is 0.839. The first kappa shape index (κ1) is 10.7. The Hall–Kier alpha value is -2.42. The number of hydrogen-bond acceptors (Lipinski definition) is 2. The van der Waals surface area contributed by atoms with E-state index in [4.69, 9.17) is 0 Å². The number of fused-ring (bicyclic) bond motifs is 1. The minimum absolute atomic E-state index is 0.655. The van der Waals surface area contributed by atoms with E-state index in [0.29, 0.717) is 5.56 Å². The number of aromatic nitrogens is 2. The maximum absolute atomic E-state index is 10.7. The highest BCUT2D eigenvalue weighted by molar-refractivity contribution is 5.86. The third kappa shape index (κ3) is 1.70. The molecule has 18 heavy (non-hydrogen) atoms. The number of carbonyl (C=O) groups excluding carboxylic acids is 1. The number of imidazole rings is 1. The fourth-order valence-corrected chi connectivity index (χ4v) is 2.07. The van der Waals surface area contributed by atoms with Gasteiger partial charge < -0.3 is 4.98 Å². The molecule has 0 aliphatic carbocycles. The highest BCUT2D eigenvalue weighted by atomic mass is 16.1. The van der Waals surface area contributed by atoms with E-state index < -0.39 is 0 Å². The van der Waals surface area contributed by atoms with Crippen LogP contribution in [0.25, 0.3) is 22.4 Å². The lowest BCUT2D eigenvalue weighted by Crippen LogP contribution is -1.83. The lowest BCUT2D eigenvalue weighted by Gasteiger charge is -2.00. The van der Waals surface area contributed by atoms with Crippen LogP contribution in [0.15, 0.2) is 42.5 Å². The standard InChI is InChI=1S/C15H12N2O/c1-10-4-2-3-5-12(10)15-16-13-7-6-11(9-18)8-14(13)17-15/h2-9H,1H3,(H,16,17). The number of aryl methyl sites for hydroxylation is 1. The molecule has 0 atom stereocenters. The maximum atomic E-state index is 10.7. The number of rotatable bonds is 2. The predicted molar refractivity (Wildman–Crippen MR) is 71.7 cm³/mol. The van der Waals surface area contributed by atoms with Crippen molar-refractivity contribution in [2.75, 3.05) is 0 Å². The zero-order chi connectivity index (χ0) is 12.5. The van der Waals surface area contributed by atoms with Crippen LogP contribution < -0.4 is 0 Å². The van der Waals surface area contributed by atoms with Crippen LogP contribution in [0.3, 0.4) is 0 Å². The number of aromatic amines is 1. The van der Waals surface area contributed by atoms with Crippen molar-refractivity contribution in [1.29, 1.82) is 0 Å². The number of nitrogens with one attached hydrogen (secondary N) is 1. The minimum Gasteiger partial charge on any atom is -0.338 e. The van der Waals surface area contributed by atoms with Crippen molar-refractivity contribution >= 4 is 17.3 Å². The number of hydrogen-bond donors (Lipinski definition) is 1. The molecule has 3 heteroatoms. The van der Waals surface area contributed by atoms with Crippen molar-refractivity contribution in [2.45, 2.75) is 6.92 Å². The summed E-state index contributed by atoms with van der Waals surface area (Å²) in [6, 6.07) is 13.5. The third-order valence-corrected chi connectivity index (χ3v) is 3.04.